The highest BCUT2D eigenvalue weighted by Crippen LogP contribution is 2.21. The Labute approximate surface area is 48.7 Å². The van der Waals surface area contributed by atoms with Gasteiger partial charge < -0.3 is 0 Å². The van der Waals surface area contributed by atoms with Gasteiger partial charge in [-0.25, -0.2) is 0 Å². The van der Waals surface area contributed by atoms with Crippen LogP contribution < -0.4 is 0 Å². The lowest BCUT2D eigenvalue weighted by Gasteiger charge is -2.15. The first-order chi connectivity index (χ1) is 4.20. The van der Waals surface area contributed by atoms with Gasteiger partial charge in [0.1, 0.15) is 0 Å². The predicted molar refractivity (Wildman–Crippen MR) is 32.2 cm³/mol. The second-order valence-electron chi connectivity index (χ2n) is 2.31. The second kappa shape index (κ2) is 2.34. The molecule has 0 bridgehead atoms. The van der Waals surface area contributed by atoms with Crippen LogP contribution in [0.1, 0.15) is 41.7 Å². The summed E-state index contributed by atoms with van der Waals surface area (Å²) in [4.78, 5) is 0. The molecule has 1 rings (SSSR count). The second-order valence-corrected chi connectivity index (χ2v) is 2.31. The Morgan fingerprint density at radius 3 is 3.00 bits per heavy atom. The van der Waals surface area contributed by atoms with E-state index in [-0.39, 0.29) is 12.8 Å². The molecule has 1 saturated carbocycles. The molecule has 0 spiro atoms. The Balaban J connectivity index is 2.35. The minimum absolute atomic E-state index is 0.117. The zero-order valence-corrected chi connectivity index (χ0v) is 4.85. The molecule has 0 aromatic carbocycles. The minimum Gasteiger partial charge on any atom is -0.0625 e. The van der Waals surface area contributed by atoms with Crippen molar-refractivity contribution in [3.8, 4) is 0 Å². The van der Waals surface area contributed by atoms with Crippen LogP contribution in [0.4, 0.5) is 0 Å². The van der Waals surface area contributed by atoms with E-state index >= 15 is 0 Å². The predicted octanol–water partition coefficient (Wildman–Crippen LogP) is 2.59. The quantitative estimate of drug-likeness (QED) is 0.439. The van der Waals surface area contributed by atoms with Crippen LogP contribution in [0.15, 0.2) is 0 Å². The summed E-state index contributed by atoms with van der Waals surface area (Å²) in [6, 6.07) is 0. The van der Waals surface area contributed by atoms with Crippen molar-refractivity contribution in [2.24, 2.45) is 5.92 Å². The van der Waals surface area contributed by atoms with E-state index in [0.29, 0.717) is 5.92 Å². The molecule has 0 aromatic rings. The third kappa shape index (κ3) is 1.50. The number of hydrogen-bond donors (Lipinski definition) is 0. The van der Waals surface area contributed by atoms with Crippen LogP contribution in [0.5, 0.6) is 0 Å². The van der Waals surface area contributed by atoms with Crippen molar-refractivity contribution in [3.05, 3.63) is 0 Å². The van der Waals surface area contributed by atoms with Crippen molar-refractivity contribution < 1.29 is 2.74 Å². The Kier molecular flexibility index (Phi) is 1.04. The molecule has 7 heavy (non-hydrogen) atoms. The number of hydrogen-bond acceptors (Lipinski definition) is 0. The van der Waals surface area contributed by atoms with Gasteiger partial charge in [-0.2, -0.15) is 0 Å². The molecular weight excluding hydrogens is 84.1 g/mol. The van der Waals surface area contributed by atoms with E-state index in [2.05, 4.69) is 6.92 Å². The van der Waals surface area contributed by atoms with E-state index < -0.39 is 0 Å². The molecule has 0 amide bonds. The van der Waals surface area contributed by atoms with Gasteiger partial charge in [-0.05, 0) is 5.92 Å². The highest BCUT2D eigenvalue weighted by atomic mass is 14.1. The molecule has 0 heterocycles. The lowest BCUT2D eigenvalue weighted by Crippen LogP contribution is -1.99. The molecule has 3 atom stereocenters. The van der Waals surface area contributed by atoms with Gasteiger partial charge in [0, 0.05) is 2.74 Å². The minimum atomic E-state index is 0.117. The largest absolute Gasteiger partial charge is 0.0625 e. The van der Waals surface area contributed by atoms with Gasteiger partial charge in [0.25, 0.3) is 0 Å². The summed E-state index contributed by atoms with van der Waals surface area (Å²) in [6.45, 7) is 2.08. The molecule has 0 N–H and O–H groups in total. The van der Waals surface area contributed by atoms with Crippen LogP contribution in [-0.4, -0.2) is 0 Å². The van der Waals surface area contributed by atoms with Gasteiger partial charge in [0.05, 0.1) is 0 Å². The van der Waals surface area contributed by atoms with Crippen LogP contribution in [0.3, 0.4) is 0 Å². The van der Waals surface area contributed by atoms with Crippen LogP contribution in [0, 0.1) is 5.92 Å². The van der Waals surface area contributed by atoms with Crippen molar-refractivity contribution in [1.82, 2.24) is 0 Å². The smallest absolute Gasteiger partial charge is 0.0269 e. The van der Waals surface area contributed by atoms with Crippen molar-refractivity contribution in [3.63, 3.8) is 0 Å². The molecule has 0 saturated heterocycles. The summed E-state index contributed by atoms with van der Waals surface area (Å²) in [5, 5.41) is 0. The average molecular weight is 100 g/mol. The molecule has 0 heteroatoms. The zero-order valence-electron chi connectivity index (χ0n) is 6.85. The molecule has 42 valence electrons. The average Bonchev–Trinajstić information content (AvgIpc) is 1.80. The molecule has 3 unspecified atom stereocenters. The molecule has 0 nitrogen and oxygen atoms in total. The molecule has 1 aliphatic rings. The van der Waals surface area contributed by atoms with Gasteiger partial charge >= 0.3 is 0 Å². The van der Waals surface area contributed by atoms with Gasteiger partial charge in [-0.1, -0.05) is 39.0 Å². The molecular formula is C7H14. The zero-order chi connectivity index (χ0) is 6.85. The Bertz CT molecular complexity index is 92.9. The standard InChI is InChI=1S/C7H14/c1-7-5-3-2-4-6-7/h7H,2-6H2,1H3/i3D,6D. The fourth-order valence-corrected chi connectivity index (χ4v) is 0.976. The van der Waals surface area contributed by atoms with Crippen LogP contribution in [0.2, 0.25) is 0 Å². The van der Waals surface area contributed by atoms with Gasteiger partial charge in [-0.15, -0.1) is 0 Å². The van der Waals surface area contributed by atoms with Crippen LogP contribution in [0.25, 0.3) is 0 Å². The molecule has 0 aromatic heterocycles. The maximum absolute atomic E-state index is 7.48. The first-order valence-electron chi connectivity index (χ1n) is 4.20. The van der Waals surface area contributed by atoms with Crippen molar-refractivity contribution in [2.45, 2.75) is 39.0 Å². The third-order valence-electron chi connectivity index (χ3n) is 1.48. The van der Waals surface area contributed by atoms with Gasteiger partial charge in [0.2, 0.25) is 0 Å². The van der Waals surface area contributed by atoms with E-state index in [1.807, 2.05) is 0 Å². The number of rotatable bonds is 0. The summed E-state index contributed by atoms with van der Waals surface area (Å²) in [7, 11) is 0. The van der Waals surface area contributed by atoms with Crippen molar-refractivity contribution in [2.75, 3.05) is 0 Å². The summed E-state index contributed by atoms with van der Waals surface area (Å²) < 4.78 is 14.9. The van der Waals surface area contributed by atoms with Crippen LogP contribution >= 0.6 is 0 Å². The Morgan fingerprint density at radius 2 is 2.43 bits per heavy atom. The van der Waals surface area contributed by atoms with Gasteiger partial charge in [0.15, 0.2) is 0 Å². The summed E-state index contributed by atoms with van der Waals surface area (Å²) in [6.07, 6.45) is 3.07. The summed E-state index contributed by atoms with van der Waals surface area (Å²) in [5.41, 5.74) is 0. The summed E-state index contributed by atoms with van der Waals surface area (Å²) >= 11 is 0. The highest BCUT2D eigenvalue weighted by Gasteiger charge is 2.05. The first kappa shape index (κ1) is 3.11. The third-order valence-corrected chi connectivity index (χ3v) is 1.48. The van der Waals surface area contributed by atoms with Crippen molar-refractivity contribution >= 4 is 0 Å². The molecule has 0 aliphatic heterocycles. The Hall–Kier alpha value is 0. The van der Waals surface area contributed by atoms with Gasteiger partial charge in [-0.3, -0.25) is 0 Å². The fourth-order valence-electron chi connectivity index (χ4n) is 0.976. The molecule has 1 fully saturated rings. The molecule has 1 aliphatic carbocycles. The van der Waals surface area contributed by atoms with Crippen molar-refractivity contribution in [1.29, 1.82) is 0 Å². The topological polar surface area (TPSA) is 0 Å². The lowest BCUT2D eigenvalue weighted by molar-refractivity contribution is 0.385. The monoisotopic (exact) mass is 100 g/mol. The normalized spacial score (nSPS) is 58.1. The fraction of sp³-hybridized carbons (Fsp3) is 1.00. The highest BCUT2D eigenvalue weighted by molar-refractivity contribution is 4.59. The maximum Gasteiger partial charge on any atom is 0.0269 e. The van der Waals surface area contributed by atoms with E-state index in [9.17, 15) is 0 Å². The maximum atomic E-state index is 7.48. The lowest BCUT2D eigenvalue weighted by atomic mass is 9.91. The SMILES string of the molecule is [2H]C1CCC([2H])C(C)C1. The van der Waals surface area contributed by atoms with E-state index in [1.165, 1.54) is 0 Å². The molecule has 0 radical (unpaired) electrons. The summed E-state index contributed by atoms with van der Waals surface area (Å²) in [5.74, 6) is 0.459. The van der Waals surface area contributed by atoms with E-state index in [0.717, 1.165) is 19.3 Å². The Morgan fingerprint density at radius 1 is 1.57 bits per heavy atom. The van der Waals surface area contributed by atoms with E-state index in [1.54, 1.807) is 0 Å². The van der Waals surface area contributed by atoms with E-state index in [4.69, 9.17) is 2.74 Å². The first-order valence-corrected chi connectivity index (χ1v) is 3.04. The van der Waals surface area contributed by atoms with Crippen LogP contribution in [-0.2, 0) is 0 Å².